The summed E-state index contributed by atoms with van der Waals surface area (Å²) >= 11 is 1.44. The Morgan fingerprint density at radius 3 is 2.56 bits per heavy atom. The third-order valence-electron chi connectivity index (χ3n) is 4.84. The molecular formula is C23H25N3O5S. The third kappa shape index (κ3) is 5.73. The molecule has 2 aromatic rings. The van der Waals surface area contributed by atoms with Crippen LogP contribution in [-0.4, -0.2) is 35.0 Å². The Hall–Kier alpha value is -3.20. The van der Waals surface area contributed by atoms with Gasteiger partial charge in [0.1, 0.15) is 11.7 Å². The second-order valence-electron chi connectivity index (χ2n) is 7.56. The largest absolute Gasteiger partial charge is 0.497 e. The van der Waals surface area contributed by atoms with Crippen LogP contribution < -0.4 is 4.74 Å². The highest BCUT2D eigenvalue weighted by Gasteiger charge is 2.37. The van der Waals surface area contributed by atoms with Crippen LogP contribution in [0.3, 0.4) is 0 Å². The first kappa shape index (κ1) is 23.5. The van der Waals surface area contributed by atoms with Gasteiger partial charge in [0.15, 0.2) is 5.17 Å². The van der Waals surface area contributed by atoms with Gasteiger partial charge >= 0.3 is 5.97 Å². The lowest BCUT2D eigenvalue weighted by atomic mass is 9.89. The number of esters is 1. The van der Waals surface area contributed by atoms with Gasteiger partial charge in [0.25, 0.3) is 5.69 Å². The van der Waals surface area contributed by atoms with Crippen molar-refractivity contribution in [1.29, 1.82) is 0 Å². The van der Waals surface area contributed by atoms with E-state index in [-0.39, 0.29) is 11.8 Å². The molecule has 1 aliphatic heterocycles. The van der Waals surface area contributed by atoms with Crippen molar-refractivity contribution in [3.63, 3.8) is 0 Å². The highest BCUT2D eigenvalue weighted by Crippen LogP contribution is 2.35. The van der Waals surface area contributed by atoms with Crippen molar-refractivity contribution in [2.45, 2.75) is 38.7 Å². The second-order valence-corrected chi connectivity index (χ2v) is 8.50. The minimum absolute atomic E-state index is 0.0544. The van der Waals surface area contributed by atoms with E-state index >= 15 is 0 Å². The van der Waals surface area contributed by atoms with E-state index in [2.05, 4.69) is 4.99 Å². The number of nitro benzene ring substituents is 1. The van der Waals surface area contributed by atoms with E-state index in [9.17, 15) is 14.9 Å². The maximum Gasteiger partial charge on any atom is 0.317 e. The maximum absolute atomic E-state index is 12.8. The summed E-state index contributed by atoms with van der Waals surface area (Å²) < 4.78 is 10.6. The highest BCUT2D eigenvalue weighted by molar-refractivity contribution is 8.13. The number of nitrogens with zero attached hydrogens (tertiary/aromatic N) is 3. The molecule has 0 fully saturated rings. The number of ether oxygens (including phenoxy) is 2. The number of non-ortho nitro benzene ring substituents is 1. The number of nitro groups is 1. The van der Waals surface area contributed by atoms with Crippen molar-refractivity contribution in [3.05, 3.63) is 69.8 Å². The average Bonchev–Trinajstić information content (AvgIpc) is 2.77. The number of benzene rings is 2. The summed E-state index contributed by atoms with van der Waals surface area (Å²) in [6.07, 6.45) is -0.295. The number of carbonyl (C=O) groups is 1. The standard InChI is InChI=1S/C23H25N3O5S/c1-14(2)31-22(27)20-15(3)24-23(32-13-16-8-10-19(30-4)11-9-16)25-21(20)17-6-5-7-18(12-17)26(28)29/h5-12,14,20-21H,13H2,1-4H3. The molecule has 168 valence electrons. The molecule has 2 aromatic carbocycles. The number of rotatable bonds is 7. The predicted molar refractivity (Wildman–Crippen MR) is 125 cm³/mol. The van der Waals surface area contributed by atoms with Crippen molar-refractivity contribution >= 4 is 34.3 Å². The lowest BCUT2D eigenvalue weighted by molar-refractivity contribution is -0.384. The quantitative estimate of drug-likeness (QED) is 0.331. The molecule has 1 heterocycles. The van der Waals surface area contributed by atoms with Gasteiger partial charge in [0.05, 0.1) is 24.2 Å². The van der Waals surface area contributed by atoms with Gasteiger partial charge in [-0.3, -0.25) is 19.9 Å². The Kier molecular flexibility index (Phi) is 7.63. The van der Waals surface area contributed by atoms with Crippen LogP contribution in [0.4, 0.5) is 5.69 Å². The molecule has 32 heavy (non-hydrogen) atoms. The summed E-state index contributed by atoms with van der Waals surface area (Å²) in [5.74, 6) is 0.216. The number of hydrogen-bond acceptors (Lipinski definition) is 8. The third-order valence-corrected chi connectivity index (χ3v) is 5.78. The minimum Gasteiger partial charge on any atom is -0.497 e. The van der Waals surface area contributed by atoms with E-state index in [0.29, 0.717) is 22.2 Å². The van der Waals surface area contributed by atoms with E-state index in [1.54, 1.807) is 40.0 Å². The molecule has 9 heteroatoms. The Bertz CT molecular complexity index is 1050. The van der Waals surface area contributed by atoms with Gasteiger partial charge in [-0.1, -0.05) is 36.0 Å². The van der Waals surface area contributed by atoms with Crippen molar-refractivity contribution in [1.82, 2.24) is 0 Å². The first-order valence-corrected chi connectivity index (χ1v) is 11.1. The molecule has 0 amide bonds. The van der Waals surface area contributed by atoms with Gasteiger partial charge in [0.2, 0.25) is 0 Å². The molecule has 0 aliphatic carbocycles. The summed E-state index contributed by atoms with van der Waals surface area (Å²) in [5, 5.41) is 11.8. The van der Waals surface area contributed by atoms with Crippen LogP contribution in [-0.2, 0) is 15.3 Å². The molecule has 3 rings (SSSR count). The van der Waals surface area contributed by atoms with E-state index in [1.807, 2.05) is 24.3 Å². The first-order valence-electron chi connectivity index (χ1n) is 10.1. The normalized spacial score (nSPS) is 18.0. The molecule has 0 aromatic heterocycles. The number of methoxy groups -OCH3 is 1. The fraction of sp³-hybridized carbons (Fsp3) is 0.348. The molecule has 2 unspecified atom stereocenters. The number of carbonyl (C=O) groups excluding carboxylic acids is 1. The van der Waals surface area contributed by atoms with Gasteiger partial charge in [-0.05, 0) is 44.0 Å². The Morgan fingerprint density at radius 1 is 1.22 bits per heavy atom. The smallest absolute Gasteiger partial charge is 0.317 e. The summed E-state index contributed by atoms with van der Waals surface area (Å²) in [5.41, 5.74) is 2.15. The van der Waals surface area contributed by atoms with Crippen LogP contribution in [0.2, 0.25) is 0 Å². The monoisotopic (exact) mass is 455 g/mol. The van der Waals surface area contributed by atoms with Gasteiger partial charge < -0.3 is 9.47 Å². The lowest BCUT2D eigenvalue weighted by Crippen LogP contribution is -2.34. The number of thioether (sulfide) groups is 1. The molecule has 0 saturated carbocycles. The van der Waals surface area contributed by atoms with Crippen LogP contribution in [0, 0.1) is 16.0 Å². The number of hydrogen-bond donors (Lipinski definition) is 0. The van der Waals surface area contributed by atoms with Gasteiger partial charge in [-0.15, -0.1) is 0 Å². The first-order chi connectivity index (χ1) is 15.3. The van der Waals surface area contributed by atoms with E-state index in [0.717, 1.165) is 11.3 Å². The Balaban J connectivity index is 1.90. The van der Waals surface area contributed by atoms with Crippen LogP contribution in [0.15, 0.2) is 58.5 Å². The molecule has 8 nitrogen and oxygen atoms in total. The molecule has 0 spiro atoms. The number of amidine groups is 1. The second kappa shape index (κ2) is 10.4. The zero-order valence-corrected chi connectivity index (χ0v) is 19.2. The molecule has 0 saturated heterocycles. The van der Waals surface area contributed by atoms with E-state index in [1.165, 1.54) is 23.9 Å². The summed E-state index contributed by atoms with van der Waals surface area (Å²) in [7, 11) is 1.62. The summed E-state index contributed by atoms with van der Waals surface area (Å²) in [4.78, 5) is 32.9. The Labute approximate surface area is 190 Å². The topological polar surface area (TPSA) is 103 Å². The molecule has 1 aliphatic rings. The van der Waals surface area contributed by atoms with E-state index in [4.69, 9.17) is 14.5 Å². The van der Waals surface area contributed by atoms with Gasteiger partial charge in [-0.2, -0.15) is 0 Å². The summed E-state index contributed by atoms with van der Waals surface area (Å²) in [6, 6.07) is 13.2. The molecule has 0 radical (unpaired) electrons. The van der Waals surface area contributed by atoms with Gasteiger partial charge in [-0.25, -0.2) is 4.99 Å². The highest BCUT2D eigenvalue weighted by atomic mass is 32.2. The van der Waals surface area contributed by atoms with E-state index < -0.39 is 22.9 Å². The van der Waals surface area contributed by atoms with Gasteiger partial charge in [0, 0.05) is 23.6 Å². The fourth-order valence-electron chi connectivity index (χ4n) is 3.30. The molecule has 0 N–H and O–H groups in total. The van der Waals surface area contributed by atoms with Crippen LogP contribution >= 0.6 is 11.8 Å². The van der Waals surface area contributed by atoms with Crippen molar-refractivity contribution < 1.29 is 19.2 Å². The lowest BCUT2D eigenvalue weighted by Gasteiger charge is -2.27. The van der Waals surface area contributed by atoms with Crippen LogP contribution in [0.25, 0.3) is 0 Å². The van der Waals surface area contributed by atoms with Crippen molar-refractivity contribution in [3.8, 4) is 5.75 Å². The van der Waals surface area contributed by atoms with Crippen molar-refractivity contribution in [2.24, 2.45) is 15.9 Å². The van der Waals surface area contributed by atoms with Crippen LogP contribution in [0.1, 0.15) is 37.9 Å². The zero-order chi connectivity index (χ0) is 23.3. The average molecular weight is 456 g/mol. The number of aliphatic imine (C=N–C) groups is 2. The molecule has 2 atom stereocenters. The SMILES string of the molecule is COc1ccc(CSC2=NC(c3cccc([N+](=O)[O-])c3)C(C(=O)OC(C)C)C(C)=N2)cc1. The molecule has 0 bridgehead atoms. The van der Waals surface area contributed by atoms with Crippen LogP contribution in [0.5, 0.6) is 5.75 Å². The zero-order valence-electron chi connectivity index (χ0n) is 18.3. The molecular weight excluding hydrogens is 430 g/mol. The maximum atomic E-state index is 12.8. The predicted octanol–water partition coefficient (Wildman–Crippen LogP) is 4.98. The Morgan fingerprint density at radius 2 is 1.94 bits per heavy atom. The minimum atomic E-state index is -0.746. The fourth-order valence-corrected chi connectivity index (χ4v) is 4.19. The summed E-state index contributed by atoms with van der Waals surface area (Å²) in [6.45, 7) is 5.31. The van der Waals surface area contributed by atoms with Crippen molar-refractivity contribution in [2.75, 3.05) is 7.11 Å².